The van der Waals surface area contributed by atoms with E-state index in [1.807, 2.05) is 0 Å². The van der Waals surface area contributed by atoms with Crippen molar-refractivity contribution in [3.05, 3.63) is 11.8 Å². The van der Waals surface area contributed by atoms with Gasteiger partial charge in [0.05, 0.1) is 0 Å². The van der Waals surface area contributed by atoms with E-state index >= 15 is 0 Å². The Morgan fingerprint density at radius 3 is 3.13 bits per heavy atom. The summed E-state index contributed by atoms with van der Waals surface area (Å²) >= 11 is 2.72. The van der Waals surface area contributed by atoms with Crippen LogP contribution in [0, 0.1) is 0 Å². The molecule has 7 heteroatoms. The number of thioether (sulfide) groups is 1. The zero-order valence-electron chi connectivity index (χ0n) is 7.84. The van der Waals surface area contributed by atoms with Gasteiger partial charge in [0.15, 0.2) is 0 Å². The summed E-state index contributed by atoms with van der Waals surface area (Å²) in [4.78, 5) is 23.7. The highest BCUT2D eigenvalue weighted by atomic mass is 32.2. The van der Waals surface area contributed by atoms with Gasteiger partial charge in [-0.15, -0.1) is 11.8 Å². The van der Waals surface area contributed by atoms with Crippen LogP contribution in [0.3, 0.4) is 0 Å². The molecule has 0 bridgehead atoms. The molecule has 2 rings (SSSR count). The summed E-state index contributed by atoms with van der Waals surface area (Å²) in [6.07, 6.45) is 3.32. The van der Waals surface area contributed by atoms with Crippen LogP contribution in [0.2, 0.25) is 0 Å². The molecule has 0 spiro atoms. The second kappa shape index (κ2) is 3.90. The minimum Gasteiger partial charge on any atom is -0.477 e. The molecule has 2 aliphatic rings. The Balaban J connectivity index is 2.27. The van der Waals surface area contributed by atoms with Crippen LogP contribution in [-0.2, 0) is 9.59 Å². The normalized spacial score (nSPS) is 27.1. The summed E-state index contributed by atoms with van der Waals surface area (Å²) in [6.45, 7) is 0. The lowest BCUT2D eigenvalue weighted by molar-refractivity contribution is -0.139. The highest BCUT2D eigenvalue weighted by Gasteiger charge is 2.49. The molecule has 15 heavy (non-hydrogen) atoms. The van der Waals surface area contributed by atoms with Crippen molar-refractivity contribution in [1.82, 2.24) is 4.90 Å². The van der Waals surface area contributed by atoms with Gasteiger partial charge < -0.3 is 5.11 Å². The molecule has 0 aliphatic carbocycles. The van der Waals surface area contributed by atoms with E-state index in [0.29, 0.717) is 11.5 Å². The molecular formula is C8H8N2O3S2. The molecule has 1 N–H and O–H groups in total. The summed E-state index contributed by atoms with van der Waals surface area (Å²) in [7, 11) is 0. The van der Waals surface area contributed by atoms with E-state index in [2.05, 4.69) is 4.40 Å². The van der Waals surface area contributed by atoms with Crippen LogP contribution in [0.15, 0.2) is 16.2 Å². The number of carbonyl (C=O) groups excluding carboxylic acids is 1. The van der Waals surface area contributed by atoms with Crippen molar-refractivity contribution in [2.75, 3.05) is 12.0 Å². The first-order valence-corrected chi connectivity index (χ1v) is 6.39. The fourth-order valence-electron chi connectivity index (χ4n) is 1.47. The predicted octanol–water partition coefficient (Wildman–Crippen LogP) is 0.589. The lowest BCUT2D eigenvalue weighted by Gasteiger charge is -2.42. The van der Waals surface area contributed by atoms with Gasteiger partial charge in [-0.3, -0.25) is 9.69 Å². The average molecular weight is 244 g/mol. The first kappa shape index (κ1) is 10.6. The topological polar surface area (TPSA) is 70.0 Å². The van der Waals surface area contributed by atoms with Gasteiger partial charge in [0, 0.05) is 12.0 Å². The Bertz CT molecular complexity index is 391. The number of β-lactam (4-membered cyclic amide) rings is 1. The van der Waals surface area contributed by atoms with Crippen molar-refractivity contribution in [1.29, 1.82) is 0 Å². The number of hydrogen-bond acceptors (Lipinski definition) is 5. The Morgan fingerprint density at radius 1 is 1.80 bits per heavy atom. The number of rotatable bonds is 2. The van der Waals surface area contributed by atoms with E-state index in [0.717, 1.165) is 0 Å². The second-order valence-electron chi connectivity index (χ2n) is 2.91. The zero-order valence-corrected chi connectivity index (χ0v) is 9.47. The molecule has 0 unspecified atom stereocenters. The minimum absolute atomic E-state index is 0.0730. The van der Waals surface area contributed by atoms with Crippen LogP contribution >= 0.6 is 23.7 Å². The number of carboxylic acid groups (broad SMARTS) is 1. The maximum atomic E-state index is 11.6. The number of amides is 1. The van der Waals surface area contributed by atoms with Gasteiger partial charge in [0.1, 0.15) is 16.8 Å². The minimum atomic E-state index is -1.06. The van der Waals surface area contributed by atoms with Crippen LogP contribution in [0.5, 0.6) is 0 Å². The SMILES string of the molecule is CS/N=C1/C(=O)N2C(C(=O)O)=CCS[C@H]12. The number of aliphatic carboxylic acids is 1. The first-order chi connectivity index (χ1) is 7.16. The van der Waals surface area contributed by atoms with E-state index in [-0.39, 0.29) is 17.0 Å². The monoisotopic (exact) mass is 244 g/mol. The summed E-state index contributed by atoms with van der Waals surface area (Å²) in [5.41, 5.74) is 0.531. The van der Waals surface area contributed by atoms with Gasteiger partial charge in [-0.1, -0.05) is 0 Å². The largest absolute Gasteiger partial charge is 0.477 e. The van der Waals surface area contributed by atoms with Crippen molar-refractivity contribution in [2.45, 2.75) is 5.37 Å². The van der Waals surface area contributed by atoms with E-state index in [1.54, 1.807) is 12.3 Å². The van der Waals surface area contributed by atoms with Crippen molar-refractivity contribution < 1.29 is 14.7 Å². The number of carbonyl (C=O) groups is 2. The number of fused-ring (bicyclic) bond motifs is 1. The fraction of sp³-hybridized carbons (Fsp3) is 0.375. The maximum absolute atomic E-state index is 11.6. The summed E-state index contributed by atoms with van der Waals surface area (Å²) in [6, 6.07) is 0. The molecule has 0 aromatic heterocycles. The molecule has 1 saturated heterocycles. The second-order valence-corrected chi connectivity index (χ2v) is 4.58. The van der Waals surface area contributed by atoms with Crippen LogP contribution in [0.1, 0.15) is 0 Å². The Labute approximate surface area is 94.7 Å². The van der Waals surface area contributed by atoms with Gasteiger partial charge in [0.2, 0.25) is 0 Å². The molecule has 5 nitrogen and oxygen atoms in total. The molecule has 1 atom stereocenters. The molecule has 2 aliphatic heterocycles. The summed E-state index contributed by atoms with van der Waals surface area (Å²) in [5, 5.41) is 8.67. The fourth-order valence-corrected chi connectivity index (χ4v) is 3.02. The van der Waals surface area contributed by atoms with Crippen molar-refractivity contribution in [3.63, 3.8) is 0 Å². The molecule has 0 radical (unpaired) electrons. The third-order valence-electron chi connectivity index (χ3n) is 2.11. The molecule has 0 saturated carbocycles. The highest BCUT2D eigenvalue weighted by Crippen LogP contribution is 2.36. The molecule has 1 amide bonds. The molecular weight excluding hydrogens is 236 g/mol. The van der Waals surface area contributed by atoms with Gasteiger partial charge in [-0.05, 0) is 18.0 Å². The molecule has 1 fully saturated rings. The Hall–Kier alpha value is -0.950. The molecule has 2 heterocycles. The van der Waals surface area contributed by atoms with Crippen LogP contribution in [-0.4, -0.2) is 45.0 Å². The van der Waals surface area contributed by atoms with Crippen LogP contribution < -0.4 is 0 Å². The molecule has 0 aromatic carbocycles. The molecule has 80 valence electrons. The quantitative estimate of drug-likeness (QED) is 0.568. The van der Waals surface area contributed by atoms with Crippen molar-refractivity contribution in [2.24, 2.45) is 4.40 Å². The van der Waals surface area contributed by atoms with Crippen LogP contribution in [0.25, 0.3) is 0 Å². The number of hydrogen-bond donors (Lipinski definition) is 1. The summed E-state index contributed by atoms with van der Waals surface area (Å²) in [5.74, 6) is -0.754. The van der Waals surface area contributed by atoms with E-state index in [1.165, 1.54) is 28.6 Å². The Morgan fingerprint density at radius 2 is 2.53 bits per heavy atom. The predicted molar refractivity (Wildman–Crippen MR) is 59.8 cm³/mol. The van der Waals surface area contributed by atoms with Gasteiger partial charge >= 0.3 is 5.97 Å². The maximum Gasteiger partial charge on any atom is 0.352 e. The van der Waals surface area contributed by atoms with Crippen molar-refractivity contribution in [3.8, 4) is 0 Å². The zero-order chi connectivity index (χ0) is 11.0. The third kappa shape index (κ3) is 1.55. The van der Waals surface area contributed by atoms with E-state index in [9.17, 15) is 9.59 Å². The first-order valence-electron chi connectivity index (χ1n) is 4.16. The van der Waals surface area contributed by atoms with E-state index in [4.69, 9.17) is 5.11 Å². The average Bonchev–Trinajstić information content (AvgIpc) is 2.24. The standard InChI is InChI=1S/C8H8N2O3S2/c1-14-9-5-6(11)10-4(8(12)13)2-3-15-7(5)10/h2,7H,3H2,1H3,(H,12,13)/b9-5-/t7-/m1/s1. The number of carboxylic acids is 1. The highest BCUT2D eigenvalue weighted by molar-refractivity contribution is 8.01. The number of nitrogens with zero attached hydrogens (tertiary/aromatic N) is 2. The smallest absolute Gasteiger partial charge is 0.352 e. The van der Waals surface area contributed by atoms with E-state index < -0.39 is 5.97 Å². The lowest BCUT2D eigenvalue weighted by Crippen LogP contribution is -2.61. The van der Waals surface area contributed by atoms with Crippen LogP contribution in [0.4, 0.5) is 0 Å². The van der Waals surface area contributed by atoms with Gasteiger partial charge in [-0.25, -0.2) is 9.19 Å². The Kier molecular flexibility index (Phi) is 2.74. The van der Waals surface area contributed by atoms with Gasteiger partial charge in [-0.2, -0.15) is 0 Å². The van der Waals surface area contributed by atoms with Crippen molar-refractivity contribution >= 4 is 41.3 Å². The lowest BCUT2D eigenvalue weighted by atomic mass is 10.1. The third-order valence-corrected chi connectivity index (χ3v) is 3.59. The van der Waals surface area contributed by atoms with Gasteiger partial charge in [0.25, 0.3) is 5.91 Å². The summed E-state index contributed by atoms with van der Waals surface area (Å²) < 4.78 is 3.99. The molecule has 0 aromatic rings.